The number of pyridine rings is 1. The molecule has 0 radical (unpaired) electrons. The minimum Gasteiger partial charge on any atom is -0.379 e. The van der Waals surface area contributed by atoms with Gasteiger partial charge in [0.2, 0.25) is 0 Å². The summed E-state index contributed by atoms with van der Waals surface area (Å²) in [6.45, 7) is 6.20. The summed E-state index contributed by atoms with van der Waals surface area (Å²) >= 11 is 0. The van der Waals surface area contributed by atoms with Crippen LogP contribution in [0.1, 0.15) is 17.3 Å². The van der Waals surface area contributed by atoms with Crippen LogP contribution in [0.3, 0.4) is 0 Å². The Morgan fingerprint density at radius 3 is 2.87 bits per heavy atom. The Morgan fingerprint density at radius 1 is 1.39 bits per heavy atom. The van der Waals surface area contributed by atoms with Crippen LogP contribution in [-0.4, -0.2) is 64.5 Å². The van der Waals surface area contributed by atoms with Gasteiger partial charge in [-0.15, -0.1) is 0 Å². The van der Waals surface area contributed by atoms with E-state index in [1.54, 1.807) is 29.2 Å². The second kappa shape index (κ2) is 7.34. The zero-order chi connectivity index (χ0) is 16.1. The molecule has 1 amide bonds. The largest absolute Gasteiger partial charge is 0.379 e. The SMILES string of the molecule is CC(CN1CCOCC1)NC(=O)c1ccc(-n2cccn2)nc1. The third-order valence-corrected chi connectivity index (χ3v) is 3.76. The first-order valence-electron chi connectivity index (χ1n) is 7.79. The quantitative estimate of drug-likeness (QED) is 0.880. The summed E-state index contributed by atoms with van der Waals surface area (Å²) in [7, 11) is 0. The van der Waals surface area contributed by atoms with E-state index in [4.69, 9.17) is 4.74 Å². The van der Waals surface area contributed by atoms with Crippen molar-refractivity contribution in [3.8, 4) is 5.82 Å². The van der Waals surface area contributed by atoms with Crippen LogP contribution in [0.2, 0.25) is 0 Å². The van der Waals surface area contributed by atoms with Crippen LogP contribution in [-0.2, 0) is 4.74 Å². The molecule has 2 aromatic rings. The smallest absolute Gasteiger partial charge is 0.253 e. The van der Waals surface area contributed by atoms with Crippen molar-refractivity contribution in [2.24, 2.45) is 0 Å². The molecule has 122 valence electrons. The van der Waals surface area contributed by atoms with Crippen molar-refractivity contribution in [3.05, 3.63) is 42.4 Å². The van der Waals surface area contributed by atoms with E-state index in [9.17, 15) is 4.79 Å². The fourth-order valence-electron chi connectivity index (χ4n) is 2.58. The van der Waals surface area contributed by atoms with E-state index in [1.807, 2.05) is 19.2 Å². The van der Waals surface area contributed by atoms with Gasteiger partial charge in [0.1, 0.15) is 0 Å². The summed E-state index contributed by atoms with van der Waals surface area (Å²) in [5, 5.41) is 7.13. The summed E-state index contributed by atoms with van der Waals surface area (Å²) in [4.78, 5) is 18.9. The van der Waals surface area contributed by atoms with E-state index < -0.39 is 0 Å². The van der Waals surface area contributed by atoms with E-state index >= 15 is 0 Å². The van der Waals surface area contributed by atoms with Gasteiger partial charge in [-0.3, -0.25) is 9.69 Å². The maximum Gasteiger partial charge on any atom is 0.253 e. The highest BCUT2D eigenvalue weighted by molar-refractivity contribution is 5.94. The topological polar surface area (TPSA) is 72.3 Å². The Kier molecular flexibility index (Phi) is 4.99. The van der Waals surface area contributed by atoms with Crippen LogP contribution < -0.4 is 5.32 Å². The molecule has 1 fully saturated rings. The summed E-state index contributed by atoms with van der Waals surface area (Å²) < 4.78 is 6.98. The lowest BCUT2D eigenvalue weighted by atomic mass is 10.2. The van der Waals surface area contributed by atoms with Crippen molar-refractivity contribution in [2.45, 2.75) is 13.0 Å². The molecule has 1 aliphatic heterocycles. The van der Waals surface area contributed by atoms with E-state index in [2.05, 4.69) is 20.3 Å². The van der Waals surface area contributed by atoms with Gasteiger partial charge in [-0.2, -0.15) is 5.10 Å². The number of hydrogen-bond acceptors (Lipinski definition) is 5. The first kappa shape index (κ1) is 15.6. The zero-order valence-electron chi connectivity index (χ0n) is 13.2. The predicted octanol–water partition coefficient (Wildman–Crippen LogP) is 0.718. The molecular formula is C16H21N5O2. The van der Waals surface area contributed by atoms with Crippen molar-refractivity contribution < 1.29 is 9.53 Å². The highest BCUT2D eigenvalue weighted by Gasteiger charge is 2.16. The maximum atomic E-state index is 12.3. The summed E-state index contributed by atoms with van der Waals surface area (Å²) in [5.74, 6) is 0.582. The highest BCUT2D eigenvalue weighted by atomic mass is 16.5. The normalized spacial score (nSPS) is 16.9. The number of carbonyl (C=O) groups excluding carboxylic acids is 1. The number of hydrogen-bond donors (Lipinski definition) is 1. The van der Waals surface area contributed by atoms with E-state index in [-0.39, 0.29) is 11.9 Å². The monoisotopic (exact) mass is 315 g/mol. The number of nitrogens with one attached hydrogen (secondary N) is 1. The Labute approximate surface area is 135 Å². The average molecular weight is 315 g/mol. The lowest BCUT2D eigenvalue weighted by Crippen LogP contribution is -2.46. The van der Waals surface area contributed by atoms with Gasteiger partial charge in [-0.05, 0) is 25.1 Å². The predicted molar refractivity (Wildman–Crippen MR) is 85.5 cm³/mol. The summed E-state index contributed by atoms with van der Waals surface area (Å²) in [5.41, 5.74) is 0.551. The minimum absolute atomic E-state index is 0.0754. The molecule has 0 saturated carbocycles. The molecule has 7 heteroatoms. The van der Waals surface area contributed by atoms with Crippen molar-refractivity contribution in [2.75, 3.05) is 32.8 Å². The van der Waals surface area contributed by atoms with Crippen LogP contribution in [0.5, 0.6) is 0 Å². The molecule has 1 N–H and O–H groups in total. The second-order valence-corrected chi connectivity index (χ2v) is 5.64. The number of nitrogens with zero attached hydrogens (tertiary/aromatic N) is 4. The lowest BCUT2D eigenvalue weighted by molar-refractivity contribution is 0.0342. The third kappa shape index (κ3) is 4.14. The average Bonchev–Trinajstić information content (AvgIpc) is 3.10. The van der Waals surface area contributed by atoms with Crippen molar-refractivity contribution >= 4 is 5.91 Å². The molecule has 7 nitrogen and oxygen atoms in total. The van der Waals surface area contributed by atoms with Crippen LogP contribution in [0.25, 0.3) is 5.82 Å². The van der Waals surface area contributed by atoms with Gasteiger partial charge >= 0.3 is 0 Å². The van der Waals surface area contributed by atoms with Crippen molar-refractivity contribution in [1.29, 1.82) is 0 Å². The van der Waals surface area contributed by atoms with Gasteiger partial charge in [0.05, 0.1) is 18.8 Å². The Balaban J connectivity index is 1.55. The molecule has 1 unspecified atom stereocenters. The molecule has 1 aliphatic rings. The first-order chi connectivity index (χ1) is 11.2. The van der Waals surface area contributed by atoms with Gasteiger partial charge < -0.3 is 10.1 Å². The van der Waals surface area contributed by atoms with Crippen LogP contribution >= 0.6 is 0 Å². The zero-order valence-corrected chi connectivity index (χ0v) is 13.2. The standard InChI is InChI=1S/C16H21N5O2/c1-13(12-20-7-9-23-10-8-20)19-16(22)14-3-4-15(17-11-14)21-6-2-5-18-21/h2-6,11,13H,7-10,12H2,1H3,(H,19,22). The van der Waals surface area contributed by atoms with E-state index in [0.717, 1.165) is 32.8 Å². The number of ether oxygens (including phenoxy) is 1. The van der Waals surface area contributed by atoms with Gasteiger partial charge in [-0.1, -0.05) is 0 Å². The number of carbonyl (C=O) groups is 1. The van der Waals surface area contributed by atoms with Crippen molar-refractivity contribution in [3.63, 3.8) is 0 Å². The van der Waals surface area contributed by atoms with Crippen LogP contribution in [0, 0.1) is 0 Å². The van der Waals surface area contributed by atoms with Crippen LogP contribution in [0.4, 0.5) is 0 Å². The number of amides is 1. The van der Waals surface area contributed by atoms with Crippen LogP contribution in [0.15, 0.2) is 36.8 Å². The molecule has 2 aromatic heterocycles. The molecule has 3 rings (SSSR count). The Morgan fingerprint density at radius 2 is 2.22 bits per heavy atom. The Bertz CT molecular complexity index is 620. The molecule has 1 atom stereocenters. The lowest BCUT2D eigenvalue weighted by Gasteiger charge is -2.29. The van der Waals surface area contributed by atoms with E-state index in [0.29, 0.717) is 11.4 Å². The highest BCUT2D eigenvalue weighted by Crippen LogP contribution is 2.05. The van der Waals surface area contributed by atoms with E-state index in [1.165, 1.54) is 0 Å². The summed E-state index contributed by atoms with van der Waals surface area (Å²) in [6, 6.07) is 5.46. The van der Waals surface area contributed by atoms with Gasteiger partial charge in [0.15, 0.2) is 5.82 Å². The van der Waals surface area contributed by atoms with Gasteiger partial charge in [0, 0.05) is 44.3 Å². The molecule has 0 spiro atoms. The molecular weight excluding hydrogens is 294 g/mol. The third-order valence-electron chi connectivity index (χ3n) is 3.76. The number of rotatable bonds is 5. The Hall–Kier alpha value is -2.25. The molecule has 23 heavy (non-hydrogen) atoms. The summed E-state index contributed by atoms with van der Waals surface area (Å²) in [6.07, 6.45) is 5.08. The molecule has 0 bridgehead atoms. The minimum atomic E-state index is -0.106. The number of morpholine rings is 1. The molecule has 0 aromatic carbocycles. The number of aromatic nitrogens is 3. The molecule has 1 saturated heterocycles. The fraction of sp³-hybridized carbons (Fsp3) is 0.438. The maximum absolute atomic E-state index is 12.3. The van der Waals surface area contributed by atoms with Crippen molar-refractivity contribution in [1.82, 2.24) is 25.0 Å². The molecule has 3 heterocycles. The fourth-order valence-corrected chi connectivity index (χ4v) is 2.58. The first-order valence-corrected chi connectivity index (χ1v) is 7.79. The van der Waals surface area contributed by atoms with Gasteiger partial charge in [0.25, 0.3) is 5.91 Å². The van der Waals surface area contributed by atoms with Gasteiger partial charge in [-0.25, -0.2) is 9.67 Å². The second-order valence-electron chi connectivity index (χ2n) is 5.64. The molecule has 0 aliphatic carbocycles.